The Kier molecular flexibility index (Phi) is 3.71. The molecule has 0 bridgehead atoms. The van der Waals surface area contributed by atoms with Gasteiger partial charge in [0.2, 0.25) is 0 Å². The lowest BCUT2D eigenvalue weighted by atomic mass is 10.1. The van der Waals surface area contributed by atoms with E-state index in [1.165, 1.54) is 0 Å². The Balaban J connectivity index is 3.10. The van der Waals surface area contributed by atoms with Crippen LogP contribution in [0.1, 0.15) is 20.3 Å². The zero-order chi connectivity index (χ0) is 6.57. The summed E-state index contributed by atoms with van der Waals surface area (Å²) in [6, 6.07) is 0.613. The highest BCUT2D eigenvalue weighted by molar-refractivity contribution is 4.63. The number of rotatable bonds is 3. The van der Waals surface area contributed by atoms with Gasteiger partial charge in [0.15, 0.2) is 0 Å². The van der Waals surface area contributed by atoms with Crippen molar-refractivity contribution < 1.29 is 0 Å². The smallest absolute Gasteiger partial charge is 0.0939 e. The highest BCUT2D eigenvalue weighted by Crippen LogP contribution is 2.01. The molecule has 48 valence electrons. The molecule has 0 saturated heterocycles. The molecule has 2 atom stereocenters. The first-order valence-electron chi connectivity index (χ1n) is 3.17. The lowest BCUT2D eigenvalue weighted by molar-refractivity contribution is 0.497. The molecule has 0 aliphatic heterocycles. The monoisotopic (exact) mass is 114 g/mol. The van der Waals surface area contributed by atoms with E-state index in [1.54, 1.807) is 0 Å². The fraction of sp³-hybridized carbons (Fsp3) is 0.857. The molecule has 2 unspecified atom stereocenters. The minimum Gasteiger partial charge on any atom is -0.317 e. The molecule has 0 aromatic heterocycles. The molecule has 0 aromatic carbocycles. The van der Waals surface area contributed by atoms with E-state index in [0.29, 0.717) is 12.0 Å². The number of hydrogen-bond donors (Lipinski definition) is 1. The topological polar surface area (TPSA) is 12.0 Å². The van der Waals surface area contributed by atoms with Gasteiger partial charge in [0.05, 0.1) is 12.8 Å². The minimum absolute atomic E-state index is 0.567. The SMILES string of the molecule is [CH2+]C(C)CC(C)NC. The molecule has 0 aliphatic rings. The zero-order valence-corrected chi connectivity index (χ0v) is 6.07. The van der Waals surface area contributed by atoms with Crippen LogP contribution in [0.2, 0.25) is 0 Å². The van der Waals surface area contributed by atoms with Crippen molar-refractivity contribution in [2.45, 2.75) is 26.3 Å². The summed E-state index contributed by atoms with van der Waals surface area (Å²) in [6.45, 7) is 8.19. The van der Waals surface area contributed by atoms with Crippen LogP contribution in [-0.4, -0.2) is 13.1 Å². The summed E-state index contributed by atoms with van der Waals surface area (Å²) >= 11 is 0. The summed E-state index contributed by atoms with van der Waals surface area (Å²) in [5.74, 6) is 0.567. The molecule has 0 heterocycles. The van der Waals surface area contributed by atoms with E-state index in [4.69, 9.17) is 0 Å². The molecule has 1 N–H and O–H groups in total. The largest absolute Gasteiger partial charge is 0.317 e. The number of hydrogen-bond acceptors (Lipinski definition) is 1. The van der Waals surface area contributed by atoms with Crippen LogP contribution in [0, 0.1) is 12.8 Å². The van der Waals surface area contributed by atoms with Crippen molar-refractivity contribution in [3.8, 4) is 0 Å². The summed E-state index contributed by atoms with van der Waals surface area (Å²) in [4.78, 5) is 0. The van der Waals surface area contributed by atoms with E-state index >= 15 is 0 Å². The Hall–Kier alpha value is -0.170. The zero-order valence-electron chi connectivity index (χ0n) is 6.07. The molecule has 0 aliphatic carbocycles. The molecule has 0 radical (unpaired) electrons. The van der Waals surface area contributed by atoms with Gasteiger partial charge in [-0.2, -0.15) is 0 Å². The van der Waals surface area contributed by atoms with Gasteiger partial charge < -0.3 is 5.32 Å². The molecule has 0 amide bonds. The second kappa shape index (κ2) is 3.79. The third-order valence-electron chi connectivity index (χ3n) is 1.25. The van der Waals surface area contributed by atoms with Gasteiger partial charge in [-0.25, -0.2) is 0 Å². The average molecular weight is 114 g/mol. The lowest BCUT2D eigenvalue weighted by Gasteiger charge is -2.07. The van der Waals surface area contributed by atoms with Crippen molar-refractivity contribution in [3.05, 3.63) is 6.92 Å². The van der Waals surface area contributed by atoms with Crippen LogP contribution >= 0.6 is 0 Å². The van der Waals surface area contributed by atoms with E-state index in [-0.39, 0.29) is 0 Å². The molecule has 8 heavy (non-hydrogen) atoms. The van der Waals surface area contributed by atoms with Crippen molar-refractivity contribution in [2.75, 3.05) is 7.05 Å². The fourth-order valence-corrected chi connectivity index (χ4v) is 0.721. The third-order valence-corrected chi connectivity index (χ3v) is 1.25. The van der Waals surface area contributed by atoms with Crippen molar-refractivity contribution in [3.63, 3.8) is 0 Å². The predicted octanol–water partition coefficient (Wildman–Crippen LogP) is 1.45. The van der Waals surface area contributed by atoms with Crippen LogP contribution in [0.4, 0.5) is 0 Å². The Labute approximate surface area is 52.5 Å². The predicted molar refractivity (Wildman–Crippen MR) is 37.7 cm³/mol. The molecular formula is C7H16N+. The maximum absolute atomic E-state index is 3.89. The molecular weight excluding hydrogens is 98.1 g/mol. The molecule has 0 fully saturated rings. The first-order valence-corrected chi connectivity index (χ1v) is 3.17. The van der Waals surface area contributed by atoms with Crippen LogP contribution in [0.3, 0.4) is 0 Å². The molecule has 1 nitrogen and oxygen atoms in total. The maximum Gasteiger partial charge on any atom is 0.0939 e. The minimum atomic E-state index is 0.567. The van der Waals surface area contributed by atoms with Crippen LogP contribution < -0.4 is 5.32 Å². The van der Waals surface area contributed by atoms with Gasteiger partial charge in [0, 0.05) is 12.5 Å². The van der Waals surface area contributed by atoms with Gasteiger partial charge in [-0.05, 0) is 20.9 Å². The van der Waals surface area contributed by atoms with Gasteiger partial charge in [-0.15, -0.1) is 0 Å². The van der Waals surface area contributed by atoms with Crippen LogP contribution in [0.25, 0.3) is 0 Å². The molecule has 0 aromatic rings. The maximum atomic E-state index is 3.89. The quantitative estimate of drug-likeness (QED) is 0.548. The highest BCUT2D eigenvalue weighted by atomic mass is 14.8. The molecule has 1 heteroatoms. The van der Waals surface area contributed by atoms with Crippen molar-refractivity contribution in [2.24, 2.45) is 5.92 Å². The van der Waals surface area contributed by atoms with E-state index in [1.807, 2.05) is 7.05 Å². The van der Waals surface area contributed by atoms with Crippen molar-refractivity contribution >= 4 is 0 Å². The Morgan fingerprint density at radius 1 is 1.50 bits per heavy atom. The van der Waals surface area contributed by atoms with E-state index in [9.17, 15) is 0 Å². The first kappa shape index (κ1) is 7.83. The van der Waals surface area contributed by atoms with Crippen LogP contribution in [0.5, 0.6) is 0 Å². The average Bonchev–Trinajstić information content (AvgIpc) is 1.65. The summed E-state index contributed by atoms with van der Waals surface area (Å²) < 4.78 is 0. The van der Waals surface area contributed by atoms with Crippen molar-refractivity contribution in [1.82, 2.24) is 5.32 Å². The second-order valence-corrected chi connectivity index (χ2v) is 2.53. The Bertz CT molecular complexity index is 50.3. The van der Waals surface area contributed by atoms with E-state index in [0.717, 1.165) is 6.42 Å². The van der Waals surface area contributed by atoms with Crippen molar-refractivity contribution in [1.29, 1.82) is 0 Å². The normalized spacial score (nSPS) is 17.9. The summed E-state index contributed by atoms with van der Waals surface area (Å²) in [6.07, 6.45) is 1.16. The van der Waals surface area contributed by atoms with E-state index in [2.05, 4.69) is 26.1 Å². The summed E-state index contributed by atoms with van der Waals surface area (Å²) in [5.41, 5.74) is 0. The lowest BCUT2D eigenvalue weighted by Crippen LogP contribution is -2.22. The standard InChI is InChI=1S/C7H16N/c1-6(2)5-7(3)8-4/h6-8H,1,5H2,2-4H3/q+1. The Morgan fingerprint density at radius 3 is 2.12 bits per heavy atom. The number of nitrogens with one attached hydrogen (secondary N) is 1. The van der Waals surface area contributed by atoms with E-state index < -0.39 is 0 Å². The van der Waals surface area contributed by atoms with Gasteiger partial charge in [0.1, 0.15) is 0 Å². The van der Waals surface area contributed by atoms with Gasteiger partial charge >= 0.3 is 0 Å². The molecule has 0 saturated carbocycles. The first-order chi connectivity index (χ1) is 3.66. The van der Waals surface area contributed by atoms with Crippen LogP contribution in [0.15, 0.2) is 0 Å². The molecule has 0 rings (SSSR count). The van der Waals surface area contributed by atoms with Crippen LogP contribution in [-0.2, 0) is 0 Å². The Morgan fingerprint density at radius 2 is 2.00 bits per heavy atom. The second-order valence-electron chi connectivity index (χ2n) is 2.53. The van der Waals surface area contributed by atoms with Gasteiger partial charge in [0.25, 0.3) is 0 Å². The summed E-state index contributed by atoms with van der Waals surface area (Å²) in [5, 5.41) is 3.16. The summed E-state index contributed by atoms with van der Waals surface area (Å²) in [7, 11) is 1.98. The van der Waals surface area contributed by atoms with Gasteiger partial charge in [-0.3, -0.25) is 0 Å². The fourth-order valence-electron chi connectivity index (χ4n) is 0.721. The highest BCUT2D eigenvalue weighted by Gasteiger charge is 2.04. The third kappa shape index (κ3) is 4.00. The van der Waals surface area contributed by atoms with Gasteiger partial charge in [-0.1, -0.05) is 0 Å². The molecule has 0 spiro atoms.